The van der Waals surface area contributed by atoms with E-state index in [2.05, 4.69) is 6.92 Å². The second kappa shape index (κ2) is 12.6. The van der Waals surface area contributed by atoms with Crippen LogP contribution in [-0.2, 0) is 9.53 Å². The summed E-state index contributed by atoms with van der Waals surface area (Å²) in [5, 5.41) is 0.0938. The predicted molar refractivity (Wildman–Crippen MR) is 93.3 cm³/mol. The van der Waals surface area contributed by atoms with Gasteiger partial charge < -0.3 is 15.4 Å². The van der Waals surface area contributed by atoms with Gasteiger partial charge >= 0.3 is 0 Å². The SMILES string of the molecule is CCCCSC(C)C(=O)N1CCC(OCCCN)CC1.Cl. The number of piperidine rings is 1. The Morgan fingerprint density at radius 3 is 2.62 bits per heavy atom. The summed E-state index contributed by atoms with van der Waals surface area (Å²) in [5.74, 6) is 1.38. The highest BCUT2D eigenvalue weighted by Gasteiger charge is 2.26. The molecule has 0 aromatic rings. The number of ether oxygens (including phenoxy) is 1. The van der Waals surface area contributed by atoms with Gasteiger partial charge in [-0.1, -0.05) is 13.3 Å². The number of nitrogens with two attached hydrogens (primary N) is 1. The fourth-order valence-electron chi connectivity index (χ4n) is 2.31. The molecule has 0 aromatic carbocycles. The molecule has 4 nitrogen and oxygen atoms in total. The average molecular weight is 339 g/mol. The van der Waals surface area contributed by atoms with E-state index in [-0.39, 0.29) is 17.7 Å². The van der Waals surface area contributed by atoms with Crippen molar-refractivity contribution in [3.8, 4) is 0 Å². The van der Waals surface area contributed by atoms with Crippen molar-refractivity contribution in [2.75, 3.05) is 32.0 Å². The van der Waals surface area contributed by atoms with Crippen LogP contribution in [-0.4, -0.2) is 54.2 Å². The number of halogens is 1. The summed E-state index contributed by atoms with van der Waals surface area (Å²) < 4.78 is 5.77. The number of thioether (sulfide) groups is 1. The molecule has 1 unspecified atom stereocenters. The maximum Gasteiger partial charge on any atom is 0.235 e. The summed E-state index contributed by atoms with van der Waals surface area (Å²) in [4.78, 5) is 14.3. The first-order chi connectivity index (χ1) is 9.69. The number of rotatable bonds is 9. The number of carbonyl (C=O) groups excluding carboxylic acids is 1. The minimum atomic E-state index is 0. The molecule has 126 valence electrons. The van der Waals surface area contributed by atoms with Crippen molar-refractivity contribution in [1.29, 1.82) is 0 Å². The monoisotopic (exact) mass is 338 g/mol. The Kier molecular flexibility index (Phi) is 12.6. The zero-order valence-electron chi connectivity index (χ0n) is 13.4. The maximum atomic E-state index is 12.3. The largest absolute Gasteiger partial charge is 0.378 e. The van der Waals surface area contributed by atoms with Crippen LogP contribution < -0.4 is 5.73 Å². The van der Waals surface area contributed by atoms with Crippen molar-refractivity contribution in [1.82, 2.24) is 4.90 Å². The first-order valence-corrected chi connectivity index (χ1v) is 8.96. The highest BCUT2D eigenvalue weighted by atomic mass is 35.5. The van der Waals surface area contributed by atoms with Gasteiger partial charge in [0.15, 0.2) is 0 Å². The Bertz CT molecular complexity index is 274. The first-order valence-electron chi connectivity index (χ1n) is 7.91. The first kappa shape index (κ1) is 21.0. The minimum absolute atomic E-state index is 0. The molecular weight excluding hydrogens is 308 g/mol. The van der Waals surface area contributed by atoms with Crippen molar-refractivity contribution in [2.24, 2.45) is 5.73 Å². The zero-order chi connectivity index (χ0) is 14.8. The van der Waals surface area contributed by atoms with E-state index >= 15 is 0 Å². The summed E-state index contributed by atoms with van der Waals surface area (Å²) in [6, 6.07) is 0. The van der Waals surface area contributed by atoms with E-state index in [9.17, 15) is 4.79 Å². The quantitative estimate of drug-likeness (QED) is 0.657. The van der Waals surface area contributed by atoms with Crippen LogP contribution in [0.4, 0.5) is 0 Å². The molecule has 1 rings (SSSR count). The van der Waals surface area contributed by atoms with Gasteiger partial charge in [0, 0.05) is 19.7 Å². The molecule has 1 heterocycles. The number of hydrogen-bond donors (Lipinski definition) is 1. The molecule has 6 heteroatoms. The Morgan fingerprint density at radius 2 is 2.05 bits per heavy atom. The zero-order valence-corrected chi connectivity index (χ0v) is 15.0. The molecule has 0 bridgehead atoms. The number of likely N-dealkylation sites (tertiary alicyclic amines) is 1. The highest BCUT2D eigenvalue weighted by Crippen LogP contribution is 2.19. The van der Waals surface area contributed by atoms with E-state index in [1.54, 1.807) is 11.8 Å². The third-order valence-electron chi connectivity index (χ3n) is 3.67. The van der Waals surface area contributed by atoms with Crippen molar-refractivity contribution >= 4 is 30.1 Å². The van der Waals surface area contributed by atoms with Crippen LogP contribution in [0.3, 0.4) is 0 Å². The molecule has 1 fully saturated rings. The lowest BCUT2D eigenvalue weighted by molar-refractivity contribution is -0.132. The summed E-state index contributed by atoms with van der Waals surface area (Å²) in [5.41, 5.74) is 5.45. The Balaban J connectivity index is 0.00000400. The molecule has 1 saturated heterocycles. The summed E-state index contributed by atoms with van der Waals surface area (Å²) in [6.07, 6.45) is 5.54. The smallest absolute Gasteiger partial charge is 0.235 e. The molecule has 1 aliphatic rings. The summed E-state index contributed by atoms with van der Waals surface area (Å²) in [6.45, 7) is 7.33. The van der Waals surface area contributed by atoms with E-state index in [0.29, 0.717) is 18.6 Å². The molecule has 21 heavy (non-hydrogen) atoms. The standard InChI is InChI=1S/C15H30N2O2S.ClH/c1-3-4-12-20-13(2)15(18)17-9-6-14(7-10-17)19-11-5-8-16;/h13-14H,3-12,16H2,1-2H3;1H. The van der Waals surface area contributed by atoms with Gasteiger partial charge in [-0.25, -0.2) is 0 Å². The van der Waals surface area contributed by atoms with Gasteiger partial charge in [-0.05, 0) is 44.9 Å². The number of amides is 1. The van der Waals surface area contributed by atoms with Crippen molar-refractivity contribution in [2.45, 2.75) is 57.3 Å². The fraction of sp³-hybridized carbons (Fsp3) is 0.933. The Morgan fingerprint density at radius 1 is 1.38 bits per heavy atom. The van der Waals surface area contributed by atoms with Gasteiger partial charge in [-0.15, -0.1) is 24.2 Å². The Hall–Kier alpha value is 0.0300. The number of unbranched alkanes of at least 4 members (excludes halogenated alkanes) is 1. The van der Waals surface area contributed by atoms with Crippen LogP contribution in [0.1, 0.15) is 46.0 Å². The minimum Gasteiger partial charge on any atom is -0.378 e. The van der Waals surface area contributed by atoms with Crippen molar-refractivity contribution in [3.05, 3.63) is 0 Å². The van der Waals surface area contributed by atoms with Gasteiger partial charge in [-0.2, -0.15) is 0 Å². The molecule has 0 aromatic heterocycles. The summed E-state index contributed by atoms with van der Waals surface area (Å²) >= 11 is 1.78. The van der Waals surface area contributed by atoms with Crippen LogP contribution in [0.2, 0.25) is 0 Å². The molecule has 1 amide bonds. The number of hydrogen-bond acceptors (Lipinski definition) is 4. The van der Waals surface area contributed by atoms with E-state index in [0.717, 1.165) is 44.7 Å². The predicted octanol–water partition coefficient (Wildman–Crippen LogP) is 2.69. The van der Waals surface area contributed by atoms with Crippen LogP contribution in [0.15, 0.2) is 0 Å². The van der Waals surface area contributed by atoms with Gasteiger partial charge in [-0.3, -0.25) is 4.79 Å². The molecule has 1 atom stereocenters. The lowest BCUT2D eigenvalue weighted by atomic mass is 10.1. The van der Waals surface area contributed by atoms with E-state index in [4.69, 9.17) is 10.5 Å². The molecule has 0 spiro atoms. The van der Waals surface area contributed by atoms with Crippen molar-refractivity contribution in [3.63, 3.8) is 0 Å². The van der Waals surface area contributed by atoms with Gasteiger partial charge in [0.25, 0.3) is 0 Å². The topological polar surface area (TPSA) is 55.6 Å². The highest BCUT2D eigenvalue weighted by molar-refractivity contribution is 8.00. The van der Waals surface area contributed by atoms with Gasteiger partial charge in [0.2, 0.25) is 5.91 Å². The molecular formula is C15H31ClN2O2S. The van der Waals surface area contributed by atoms with Crippen LogP contribution >= 0.6 is 24.2 Å². The fourth-order valence-corrected chi connectivity index (χ4v) is 3.41. The lowest BCUT2D eigenvalue weighted by Crippen LogP contribution is -2.44. The van der Waals surface area contributed by atoms with Gasteiger partial charge in [0.1, 0.15) is 0 Å². The maximum absolute atomic E-state index is 12.3. The number of carbonyl (C=O) groups is 1. The van der Waals surface area contributed by atoms with E-state index < -0.39 is 0 Å². The van der Waals surface area contributed by atoms with Crippen LogP contribution in [0.5, 0.6) is 0 Å². The molecule has 1 aliphatic heterocycles. The van der Waals surface area contributed by atoms with E-state index in [1.165, 1.54) is 12.8 Å². The van der Waals surface area contributed by atoms with Gasteiger partial charge in [0.05, 0.1) is 11.4 Å². The normalized spacial score (nSPS) is 17.4. The molecule has 0 saturated carbocycles. The van der Waals surface area contributed by atoms with E-state index in [1.807, 2.05) is 11.8 Å². The second-order valence-electron chi connectivity index (χ2n) is 5.40. The third kappa shape index (κ3) is 8.29. The molecule has 0 radical (unpaired) electrons. The molecule has 2 N–H and O–H groups in total. The summed E-state index contributed by atoms with van der Waals surface area (Å²) in [7, 11) is 0. The third-order valence-corrected chi connectivity index (χ3v) is 4.90. The average Bonchev–Trinajstić information content (AvgIpc) is 2.47. The molecule has 0 aliphatic carbocycles. The second-order valence-corrected chi connectivity index (χ2v) is 6.85. The Labute approximate surface area is 139 Å². The van der Waals surface area contributed by atoms with Crippen LogP contribution in [0, 0.1) is 0 Å². The van der Waals surface area contributed by atoms with Crippen LogP contribution in [0.25, 0.3) is 0 Å². The lowest BCUT2D eigenvalue weighted by Gasteiger charge is -2.33. The van der Waals surface area contributed by atoms with Crippen molar-refractivity contribution < 1.29 is 9.53 Å². The number of nitrogens with zero attached hydrogens (tertiary/aromatic N) is 1.